The van der Waals surface area contributed by atoms with Crippen LogP contribution in [0.5, 0.6) is 11.5 Å². The maximum Gasteiger partial charge on any atom is 0.587 e. The quantitative estimate of drug-likeness (QED) is 0.360. The highest BCUT2D eigenvalue weighted by atomic mass is 31.2. The number of rotatable bonds is 9. The molecule has 0 N–H and O–H groups in total. The molecule has 0 spiro atoms. The van der Waals surface area contributed by atoms with Crippen LogP contribution >= 0.6 is 7.82 Å². The summed E-state index contributed by atoms with van der Waals surface area (Å²) >= 11 is 0. The van der Waals surface area contributed by atoms with Crippen LogP contribution in [0.4, 0.5) is 0 Å². The van der Waals surface area contributed by atoms with E-state index in [4.69, 9.17) is 13.6 Å². The van der Waals surface area contributed by atoms with Gasteiger partial charge in [0.1, 0.15) is 11.5 Å². The zero-order valence-electron chi connectivity index (χ0n) is 12.3. The van der Waals surface area contributed by atoms with Gasteiger partial charge in [0.25, 0.3) is 0 Å². The van der Waals surface area contributed by atoms with E-state index < -0.39 is 7.82 Å². The van der Waals surface area contributed by atoms with Gasteiger partial charge >= 0.3 is 7.82 Å². The van der Waals surface area contributed by atoms with Crippen molar-refractivity contribution in [2.75, 3.05) is 6.61 Å². The number of phosphoric acid groups is 1. The smallest absolute Gasteiger partial charge is 0.395 e. The summed E-state index contributed by atoms with van der Waals surface area (Å²) in [5.41, 5.74) is 0. The van der Waals surface area contributed by atoms with E-state index >= 15 is 0 Å². The van der Waals surface area contributed by atoms with Gasteiger partial charge in [-0.25, -0.2) is 4.57 Å². The Balaban J connectivity index is 2.08. The van der Waals surface area contributed by atoms with Crippen molar-refractivity contribution in [2.45, 2.75) is 12.8 Å². The fourth-order valence-electron chi connectivity index (χ4n) is 1.70. The molecular formula is C17H19O4P. The molecule has 0 aliphatic carbocycles. The van der Waals surface area contributed by atoms with Gasteiger partial charge in [-0.2, -0.15) is 0 Å². The van der Waals surface area contributed by atoms with Crippen molar-refractivity contribution < 1.29 is 18.1 Å². The normalized spacial score (nSPS) is 10.9. The SMILES string of the molecule is C=CCCCOP(=O)(Oc1ccccc1)Oc1ccccc1. The lowest BCUT2D eigenvalue weighted by Crippen LogP contribution is -2.06. The molecule has 5 heteroatoms. The summed E-state index contributed by atoms with van der Waals surface area (Å²) in [5.74, 6) is 0.871. The van der Waals surface area contributed by atoms with E-state index in [1.807, 2.05) is 12.1 Å². The van der Waals surface area contributed by atoms with Crippen molar-refractivity contribution in [1.29, 1.82) is 0 Å². The molecule has 4 nitrogen and oxygen atoms in total. The first-order valence-corrected chi connectivity index (χ1v) is 8.53. The summed E-state index contributed by atoms with van der Waals surface area (Å²) in [4.78, 5) is 0. The summed E-state index contributed by atoms with van der Waals surface area (Å²) in [5, 5.41) is 0. The van der Waals surface area contributed by atoms with Gasteiger partial charge in [-0.1, -0.05) is 42.5 Å². The summed E-state index contributed by atoms with van der Waals surface area (Å²) < 4.78 is 29.2. The minimum absolute atomic E-state index is 0.267. The molecule has 0 aromatic heterocycles. The van der Waals surface area contributed by atoms with Crippen molar-refractivity contribution in [1.82, 2.24) is 0 Å². The molecule has 0 saturated carbocycles. The average Bonchev–Trinajstić information content (AvgIpc) is 2.53. The zero-order chi connectivity index (χ0) is 15.7. The highest BCUT2D eigenvalue weighted by Crippen LogP contribution is 2.49. The maximum absolute atomic E-state index is 12.8. The van der Waals surface area contributed by atoms with Crippen LogP contribution in [0.15, 0.2) is 73.3 Å². The third-order valence-corrected chi connectivity index (χ3v) is 4.09. The molecule has 0 unspecified atom stereocenters. The van der Waals surface area contributed by atoms with Crippen molar-refractivity contribution in [2.24, 2.45) is 0 Å². The number of benzene rings is 2. The Morgan fingerprint density at radius 3 is 1.86 bits per heavy atom. The van der Waals surface area contributed by atoms with E-state index in [0.717, 1.165) is 6.42 Å². The monoisotopic (exact) mass is 318 g/mol. The summed E-state index contributed by atoms with van der Waals surface area (Å²) in [6.07, 6.45) is 3.25. The number of para-hydroxylation sites is 2. The van der Waals surface area contributed by atoms with E-state index in [9.17, 15) is 4.57 Å². The molecule has 116 valence electrons. The number of hydrogen-bond acceptors (Lipinski definition) is 4. The molecule has 0 fully saturated rings. The Hall–Kier alpha value is -2.03. The molecule has 0 heterocycles. The van der Waals surface area contributed by atoms with Crippen molar-refractivity contribution in [3.63, 3.8) is 0 Å². The Bertz CT molecular complexity index is 568. The van der Waals surface area contributed by atoms with Gasteiger partial charge in [-0.3, -0.25) is 4.52 Å². The van der Waals surface area contributed by atoms with Gasteiger partial charge in [0, 0.05) is 0 Å². The number of phosphoric ester groups is 1. The number of hydrogen-bond donors (Lipinski definition) is 0. The molecule has 22 heavy (non-hydrogen) atoms. The van der Waals surface area contributed by atoms with Crippen LogP contribution in [-0.2, 0) is 9.09 Å². The first-order chi connectivity index (χ1) is 10.7. The van der Waals surface area contributed by atoms with Gasteiger partial charge in [0.05, 0.1) is 6.61 Å². The Morgan fingerprint density at radius 2 is 1.41 bits per heavy atom. The molecule has 0 aliphatic rings. The van der Waals surface area contributed by atoms with Crippen LogP contribution in [0, 0.1) is 0 Å². The van der Waals surface area contributed by atoms with E-state index in [1.54, 1.807) is 54.6 Å². The van der Waals surface area contributed by atoms with Crippen molar-refractivity contribution >= 4 is 7.82 Å². The molecule has 0 atom stereocenters. The Morgan fingerprint density at radius 1 is 0.909 bits per heavy atom. The summed E-state index contributed by atoms with van der Waals surface area (Å²) in [6, 6.07) is 17.7. The van der Waals surface area contributed by atoms with Crippen LogP contribution in [0.1, 0.15) is 12.8 Å². The Labute approximate surface area is 131 Å². The van der Waals surface area contributed by atoms with E-state index in [2.05, 4.69) is 6.58 Å². The van der Waals surface area contributed by atoms with E-state index in [-0.39, 0.29) is 6.61 Å². The van der Waals surface area contributed by atoms with E-state index in [0.29, 0.717) is 17.9 Å². The fraction of sp³-hybridized carbons (Fsp3) is 0.176. The van der Waals surface area contributed by atoms with Gasteiger partial charge in [-0.05, 0) is 37.1 Å². The fourth-order valence-corrected chi connectivity index (χ4v) is 2.95. The highest BCUT2D eigenvalue weighted by molar-refractivity contribution is 7.49. The van der Waals surface area contributed by atoms with Gasteiger partial charge < -0.3 is 9.05 Å². The topological polar surface area (TPSA) is 44.8 Å². The molecule has 2 aromatic carbocycles. The van der Waals surface area contributed by atoms with E-state index in [1.165, 1.54) is 0 Å². The average molecular weight is 318 g/mol. The summed E-state index contributed by atoms with van der Waals surface area (Å²) in [7, 11) is -3.74. The standard InChI is InChI=1S/C17H19O4P/c1-2-3-10-15-19-22(18,20-16-11-6-4-7-12-16)21-17-13-8-5-9-14-17/h2,4-9,11-14H,1,3,10,15H2. The second-order valence-electron chi connectivity index (χ2n) is 4.52. The van der Waals surface area contributed by atoms with Crippen LogP contribution in [-0.4, -0.2) is 6.61 Å². The third kappa shape index (κ3) is 5.40. The molecule has 0 bridgehead atoms. The lowest BCUT2D eigenvalue weighted by molar-refractivity contribution is 0.208. The van der Waals surface area contributed by atoms with Gasteiger partial charge in [0.2, 0.25) is 0 Å². The first kappa shape index (κ1) is 16.3. The molecule has 0 saturated heterocycles. The first-order valence-electron chi connectivity index (χ1n) is 7.07. The molecular weight excluding hydrogens is 299 g/mol. The molecule has 2 aromatic rings. The second kappa shape index (κ2) is 8.42. The number of allylic oxidation sites excluding steroid dienone is 1. The predicted octanol–water partition coefficient (Wildman–Crippen LogP) is 5.24. The minimum atomic E-state index is -3.74. The van der Waals surface area contributed by atoms with Crippen molar-refractivity contribution in [3.8, 4) is 11.5 Å². The minimum Gasteiger partial charge on any atom is -0.395 e. The second-order valence-corrected chi connectivity index (χ2v) is 6.04. The van der Waals surface area contributed by atoms with Crippen LogP contribution in [0.25, 0.3) is 0 Å². The molecule has 0 amide bonds. The zero-order valence-corrected chi connectivity index (χ0v) is 13.2. The Kier molecular flexibility index (Phi) is 6.26. The maximum atomic E-state index is 12.8. The largest absolute Gasteiger partial charge is 0.587 e. The predicted molar refractivity (Wildman–Crippen MR) is 87.1 cm³/mol. The van der Waals surface area contributed by atoms with Crippen LogP contribution in [0.3, 0.4) is 0 Å². The third-order valence-electron chi connectivity index (χ3n) is 2.72. The summed E-state index contributed by atoms with van der Waals surface area (Å²) in [6.45, 7) is 3.91. The van der Waals surface area contributed by atoms with Crippen LogP contribution in [0.2, 0.25) is 0 Å². The van der Waals surface area contributed by atoms with Gasteiger partial charge in [-0.15, -0.1) is 6.58 Å². The lowest BCUT2D eigenvalue weighted by Gasteiger charge is -2.18. The number of unbranched alkanes of at least 4 members (excludes halogenated alkanes) is 1. The molecule has 2 rings (SSSR count). The van der Waals surface area contributed by atoms with Crippen LogP contribution < -0.4 is 9.05 Å². The van der Waals surface area contributed by atoms with Crippen molar-refractivity contribution in [3.05, 3.63) is 73.3 Å². The van der Waals surface area contributed by atoms with Gasteiger partial charge in [0.15, 0.2) is 0 Å². The molecule has 0 radical (unpaired) electrons. The highest BCUT2D eigenvalue weighted by Gasteiger charge is 2.30. The lowest BCUT2D eigenvalue weighted by atomic mass is 10.3. The molecule has 0 aliphatic heterocycles.